The van der Waals surface area contributed by atoms with E-state index < -0.39 is 0 Å². The fourth-order valence-electron chi connectivity index (χ4n) is 3.27. The number of aryl methyl sites for hydroxylation is 1. The molecule has 3 aromatic rings. The van der Waals surface area contributed by atoms with E-state index in [0.717, 1.165) is 55.4 Å². The summed E-state index contributed by atoms with van der Waals surface area (Å²) in [6.07, 6.45) is 9.31. The number of hydrogen-bond donors (Lipinski definition) is 1. The molecule has 6 nitrogen and oxygen atoms in total. The first-order valence-electron chi connectivity index (χ1n) is 8.23. The Labute approximate surface area is 145 Å². The van der Waals surface area contributed by atoms with Gasteiger partial charge in [0.05, 0.1) is 16.9 Å². The molecule has 0 bridgehead atoms. The van der Waals surface area contributed by atoms with Crippen molar-refractivity contribution >= 4 is 11.3 Å². The minimum atomic E-state index is 0.442. The zero-order chi connectivity index (χ0) is 16.4. The molecule has 4 rings (SSSR count). The minimum Gasteiger partial charge on any atom is -0.343 e. The zero-order valence-electron chi connectivity index (χ0n) is 13.6. The average Bonchev–Trinajstić information content (AvgIpc) is 3.28. The van der Waals surface area contributed by atoms with E-state index in [4.69, 9.17) is 0 Å². The van der Waals surface area contributed by atoms with Gasteiger partial charge >= 0.3 is 0 Å². The van der Waals surface area contributed by atoms with Crippen molar-refractivity contribution in [2.24, 2.45) is 0 Å². The van der Waals surface area contributed by atoms with E-state index in [0.29, 0.717) is 5.92 Å². The fraction of sp³-hybridized carbons (Fsp3) is 0.412. The lowest BCUT2D eigenvalue weighted by Gasteiger charge is -2.31. The van der Waals surface area contributed by atoms with Gasteiger partial charge in [0.1, 0.15) is 5.69 Å². The Balaban J connectivity index is 1.46. The van der Waals surface area contributed by atoms with Crippen molar-refractivity contribution < 1.29 is 0 Å². The third kappa shape index (κ3) is 3.09. The topological polar surface area (TPSA) is 70.6 Å². The van der Waals surface area contributed by atoms with Crippen LogP contribution in [-0.4, -0.2) is 42.9 Å². The molecule has 24 heavy (non-hydrogen) atoms. The highest BCUT2D eigenvalue weighted by Gasteiger charge is 2.25. The summed E-state index contributed by atoms with van der Waals surface area (Å²) in [5, 5.41) is 0. The molecule has 1 fully saturated rings. The summed E-state index contributed by atoms with van der Waals surface area (Å²) < 4.78 is 0. The molecule has 1 aliphatic rings. The van der Waals surface area contributed by atoms with Crippen molar-refractivity contribution in [2.45, 2.75) is 32.2 Å². The van der Waals surface area contributed by atoms with Crippen molar-refractivity contribution in [2.75, 3.05) is 13.1 Å². The number of nitrogens with one attached hydrogen (secondary N) is 1. The summed E-state index contributed by atoms with van der Waals surface area (Å²) in [4.78, 5) is 24.9. The number of H-pyrrole nitrogens is 1. The Hall–Kier alpha value is -2.12. The molecule has 0 radical (unpaired) electrons. The molecule has 0 unspecified atom stereocenters. The summed E-state index contributed by atoms with van der Waals surface area (Å²) in [5.41, 5.74) is 5.06. The van der Waals surface area contributed by atoms with Gasteiger partial charge in [-0.25, -0.2) is 15.0 Å². The van der Waals surface area contributed by atoms with Gasteiger partial charge in [0, 0.05) is 42.1 Å². The Morgan fingerprint density at radius 2 is 1.96 bits per heavy atom. The number of nitrogens with zero attached hydrogens (tertiary/aromatic N) is 5. The molecule has 1 aliphatic heterocycles. The third-order valence-corrected chi connectivity index (χ3v) is 5.56. The smallest absolute Gasteiger partial charge is 0.157 e. The van der Waals surface area contributed by atoms with Crippen molar-refractivity contribution in [1.29, 1.82) is 0 Å². The van der Waals surface area contributed by atoms with E-state index in [1.165, 1.54) is 4.88 Å². The predicted octanol–water partition coefficient (Wildman–Crippen LogP) is 3.01. The van der Waals surface area contributed by atoms with Crippen molar-refractivity contribution in [3.63, 3.8) is 0 Å². The molecule has 4 heterocycles. The molecule has 0 amide bonds. The van der Waals surface area contributed by atoms with Crippen LogP contribution in [0.3, 0.4) is 0 Å². The number of piperidine rings is 1. The fourth-order valence-corrected chi connectivity index (χ4v) is 4.09. The molecule has 7 heteroatoms. The lowest BCUT2D eigenvalue weighted by atomic mass is 9.91. The van der Waals surface area contributed by atoms with E-state index in [-0.39, 0.29) is 0 Å². The molecule has 0 spiro atoms. The maximum Gasteiger partial charge on any atom is 0.157 e. The van der Waals surface area contributed by atoms with Crippen LogP contribution >= 0.6 is 11.3 Å². The van der Waals surface area contributed by atoms with Gasteiger partial charge in [0.15, 0.2) is 5.82 Å². The Morgan fingerprint density at radius 1 is 1.12 bits per heavy atom. The Morgan fingerprint density at radius 3 is 2.67 bits per heavy atom. The number of aromatic nitrogens is 5. The lowest BCUT2D eigenvalue weighted by molar-refractivity contribution is 0.204. The van der Waals surface area contributed by atoms with E-state index in [9.17, 15) is 0 Å². The molecule has 124 valence electrons. The second-order valence-corrected chi connectivity index (χ2v) is 7.08. The van der Waals surface area contributed by atoms with E-state index >= 15 is 0 Å². The van der Waals surface area contributed by atoms with Gasteiger partial charge in [0.2, 0.25) is 0 Å². The molecule has 1 saturated heterocycles. The summed E-state index contributed by atoms with van der Waals surface area (Å²) in [5.74, 6) is 1.25. The highest BCUT2D eigenvalue weighted by molar-refractivity contribution is 7.09. The standard InChI is InChI=1S/C17H20N6S/c1-12-14(24-11-22-12)10-23-8-2-13(3-9-23)15-16(19-5-4-18-15)17-20-6-7-21-17/h4-7,11,13H,2-3,8-10H2,1H3,(H,20,21). The molecule has 0 atom stereocenters. The lowest BCUT2D eigenvalue weighted by Crippen LogP contribution is -2.32. The summed E-state index contributed by atoms with van der Waals surface area (Å²) in [6, 6.07) is 0. The van der Waals surface area contributed by atoms with Crippen LogP contribution in [0.2, 0.25) is 0 Å². The number of aromatic amines is 1. The minimum absolute atomic E-state index is 0.442. The predicted molar refractivity (Wildman–Crippen MR) is 93.7 cm³/mol. The first-order valence-corrected chi connectivity index (χ1v) is 9.11. The van der Waals surface area contributed by atoms with E-state index in [1.807, 2.05) is 11.7 Å². The number of imidazole rings is 1. The number of likely N-dealkylation sites (tertiary alicyclic amines) is 1. The quantitative estimate of drug-likeness (QED) is 0.790. The molecular formula is C17H20N6S. The van der Waals surface area contributed by atoms with Crippen LogP contribution in [0.1, 0.15) is 35.0 Å². The first kappa shape index (κ1) is 15.4. The van der Waals surface area contributed by atoms with Crippen LogP contribution in [0.5, 0.6) is 0 Å². The Kier molecular flexibility index (Phi) is 4.36. The van der Waals surface area contributed by atoms with Gasteiger partial charge < -0.3 is 4.98 Å². The van der Waals surface area contributed by atoms with Crippen LogP contribution in [0, 0.1) is 6.92 Å². The molecule has 0 saturated carbocycles. The number of rotatable bonds is 4. The van der Waals surface area contributed by atoms with Crippen LogP contribution in [-0.2, 0) is 6.54 Å². The number of thiazole rings is 1. The molecule has 1 N–H and O–H groups in total. The SMILES string of the molecule is Cc1ncsc1CN1CCC(c2nccnc2-c2ncc[nH]2)CC1. The zero-order valence-corrected chi connectivity index (χ0v) is 14.5. The summed E-state index contributed by atoms with van der Waals surface area (Å²) >= 11 is 1.75. The van der Waals surface area contributed by atoms with Gasteiger partial charge in [0.25, 0.3) is 0 Å². The monoisotopic (exact) mass is 340 g/mol. The molecule has 3 aromatic heterocycles. The second kappa shape index (κ2) is 6.78. The summed E-state index contributed by atoms with van der Waals surface area (Å²) in [7, 11) is 0. The normalized spacial score (nSPS) is 16.5. The maximum atomic E-state index is 4.62. The van der Waals surface area contributed by atoms with Gasteiger partial charge in [-0.1, -0.05) is 0 Å². The van der Waals surface area contributed by atoms with Gasteiger partial charge in [-0.05, 0) is 32.9 Å². The van der Waals surface area contributed by atoms with Gasteiger partial charge in [-0.3, -0.25) is 9.88 Å². The summed E-state index contributed by atoms with van der Waals surface area (Å²) in [6.45, 7) is 5.26. The highest BCUT2D eigenvalue weighted by atomic mass is 32.1. The molecule has 0 aliphatic carbocycles. The first-order chi connectivity index (χ1) is 11.8. The largest absolute Gasteiger partial charge is 0.343 e. The highest BCUT2D eigenvalue weighted by Crippen LogP contribution is 2.32. The van der Waals surface area contributed by atoms with Crippen molar-refractivity contribution in [3.8, 4) is 11.5 Å². The van der Waals surface area contributed by atoms with Crippen LogP contribution < -0.4 is 0 Å². The average molecular weight is 340 g/mol. The van der Waals surface area contributed by atoms with Crippen molar-refractivity contribution in [1.82, 2.24) is 29.8 Å². The number of hydrogen-bond acceptors (Lipinski definition) is 6. The maximum absolute atomic E-state index is 4.62. The van der Waals surface area contributed by atoms with E-state index in [2.05, 4.69) is 36.7 Å². The van der Waals surface area contributed by atoms with Gasteiger partial charge in [-0.2, -0.15) is 0 Å². The van der Waals surface area contributed by atoms with Crippen molar-refractivity contribution in [3.05, 3.63) is 46.6 Å². The molecular weight excluding hydrogens is 320 g/mol. The second-order valence-electron chi connectivity index (χ2n) is 6.14. The van der Waals surface area contributed by atoms with E-state index in [1.54, 1.807) is 29.9 Å². The third-order valence-electron chi connectivity index (χ3n) is 4.64. The van der Waals surface area contributed by atoms with Gasteiger partial charge in [-0.15, -0.1) is 11.3 Å². The molecule has 0 aromatic carbocycles. The van der Waals surface area contributed by atoms with Crippen LogP contribution in [0.15, 0.2) is 30.3 Å². The Bertz CT molecular complexity index is 789. The van der Waals surface area contributed by atoms with Crippen LogP contribution in [0.4, 0.5) is 0 Å². The van der Waals surface area contributed by atoms with Crippen LogP contribution in [0.25, 0.3) is 11.5 Å².